The Labute approximate surface area is 111 Å². The second-order valence-electron chi connectivity index (χ2n) is 4.55. The van der Waals surface area contributed by atoms with E-state index in [0.29, 0.717) is 19.3 Å². The summed E-state index contributed by atoms with van der Waals surface area (Å²) in [5.41, 5.74) is 1.92. The zero-order chi connectivity index (χ0) is 13.7. The molecule has 1 aromatic rings. The predicted octanol–water partition coefficient (Wildman–Crippen LogP) is 1.04. The maximum atomic E-state index is 11.6. The van der Waals surface area contributed by atoms with Gasteiger partial charge in [0.2, 0.25) is 11.8 Å². The molecular weight excluding hydrogens is 244 g/mol. The summed E-state index contributed by atoms with van der Waals surface area (Å²) in [5.74, 6) is -0.492. The third-order valence-corrected chi connectivity index (χ3v) is 3.08. The van der Waals surface area contributed by atoms with Crippen LogP contribution in [0.5, 0.6) is 0 Å². The van der Waals surface area contributed by atoms with Crippen molar-refractivity contribution in [1.29, 1.82) is 0 Å². The largest absolute Gasteiger partial charge is 0.374 e. The number of piperidine rings is 1. The van der Waals surface area contributed by atoms with Gasteiger partial charge in [-0.3, -0.25) is 14.9 Å². The van der Waals surface area contributed by atoms with Crippen LogP contribution >= 0.6 is 0 Å². The molecule has 100 valence electrons. The first kappa shape index (κ1) is 13.3. The number of rotatable bonds is 5. The second kappa shape index (κ2) is 6.13. The highest BCUT2D eigenvalue weighted by Crippen LogP contribution is 2.15. The molecule has 1 saturated heterocycles. The van der Waals surface area contributed by atoms with Crippen molar-refractivity contribution in [1.82, 2.24) is 5.32 Å². The summed E-state index contributed by atoms with van der Waals surface area (Å²) in [5, 5.41) is 5.41. The number of aryl methyl sites for hydroxylation is 1. The summed E-state index contributed by atoms with van der Waals surface area (Å²) in [6.07, 6.45) is 3.01. The lowest BCUT2D eigenvalue weighted by atomic mass is 10.1. The third-order valence-electron chi connectivity index (χ3n) is 3.08. The van der Waals surface area contributed by atoms with Crippen LogP contribution in [-0.4, -0.2) is 24.1 Å². The minimum absolute atomic E-state index is 0.215. The Kier molecular flexibility index (Phi) is 4.28. The molecule has 5 heteroatoms. The van der Waals surface area contributed by atoms with E-state index in [0.717, 1.165) is 24.0 Å². The van der Waals surface area contributed by atoms with Crippen molar-refractivity contribution in [2.45, 2.75) is 31.7 Å². The van der Waals surface area contributed by atoms with Crippen molar-refractivity contribution in [3.05, 3.63) is 29.8 Å². The molecule has 19 heavy (non-hydrogen) atoms. The minimum atomic E-state index is -0.362. The van der Waals surface area contributed by atoms with Gasteiger partial charge in [0, 0.05) is 18.5 Å². The summed E-state index contributed by atoms with van der Waals surface area (Å²) < 4.78 is 0. The molecule has 1 aliphatic heterocycles. The van der Waals surface area contributed by atoms with E-state index in [1.54, 1.807) is 0 Å². The van der Waals surface area contributed by atoms with Gasteiger partial charge in [-0.25, -0.2) is 0 Å². The van der Waals surface area contributed by atoms with Crippen LogP contribution in [0.15, 0.2) is 24.3 Å². The number of carbonyl (C=O) groups is 3. The van der Waals surface area contributed by atoms with E-state index in [-0.39, 0.29) is 17.9 Å². The molecule has 0 aliphatic carbocycles. The van der Waals surface area contributed by atoms with Crippen molar-refractivity contribution >= 4 is 23.8 Å². The SMILES string of the molecule is O=CCCc1ccc(NC2CCC(=O)NC2=O)cc1. The average molecular weight is 260 g/mol. The van der Waals surface area contributed by atoms with Gasteiger partial charge in [0.1, 0.15) is 12.3 Å². The molecule has 2 rings (SSSR count). The van der Waals surface area contributed by atoms with E-state index >= 15 is 0 Å². The highest BCUT2D eigenvalue weighted by Gasteiger charge is 2.26. The van der Waals surface area contributed by atoms with Crippen LogP contribution in [0.4, 0.5) is 5.69 Å². The number of aldehydes is 1. The highest BCUT2D eigenvalue weighted by atomic mass is 16.2. The Morgan fingerprint density at radius 2 is 2.00 bits per heavy atom. The molecule has 5 nitrogen and oxygen atoms in total. The molecule has 1 aromatic carbocycles. The topological polar surface area (TPSA) is 75.3 Å². The molecule has 1 heterocycles. The Morgan fingerprint density at radius 1 is 1.26 bits per heavy atom. The van der Waals surface area contributed by atoms with Gasteiger partial charge in [-0.05, 0) is 30.5 Å². The van der Waals surface area contributed by atoms with Crippen LogP contribution in [0.2, 0.25) is 0 Å². The normalized spacial score (nSPS) is 18.8. The van der Waals surface area contributed by atoms with E-state index < -0.39 is 0 Å². The fourth-order valence-electron chi connectivity index (χ4n) is 2.03. The van der Waals surface area contributed by atoms with E-state index in [2.05, 4.69) is 10.6 Å². The average Bonchev–Trinajstić information content (AvgIpc) is 2.41. The molecule has 1 aliphatic rings. The fraction of sp³-hybridized carbons (Fsp3) is 0.357. The smallest absolute Gasteiger partial charge is 0.249 e. The van der Waals surface area contributed by atoms with Crippen molar-refractivity contribution < 1.29 is 14.4 Å². The first-order valence-electron chi connectivity index (χ1n) is 6.32. The van der Waals surface area contributed by atoms with Crippen molar-refractivity contribution in [2.24, 2.45) is 0 Å². The van der Waals surface area contributed by atoms with Crippen molar-refractivity contribution in [2.75, 3.05) is 5.32 Å². The van der Waals surface area contributed by atoms with Crippen LogP contribution in [-0.2, 0) is 20.8 Å². The molecule has 0 bridgehead atoms. The molecule has 1 fully saturated rings. The minimum Gasteiger partial charge on any atom is -0.374 e. The number of carbonyl (C=O) groups excluding carboxylic acids is 3. The first-order chi connectivity index (χ1) is 9.19. The summed E-state index contributed by atoms with van der Waals surface area (Å²) in [7, 11) is 0. The quantitative estimate of drug-likeness (QED) is 0.612. The molecule has 0 radical (unpaired) electrons. The zero-order valence-electron chi connectivity index (χ0n) is 10.5. The molecule has 0 spiro atoms. The summed E-state index contributed by atoms with van der Waals surface area (Å²) in [6.45, 7) is 0. The van der Waals surface area contributed by atoms with E-state index in [4.69, 9.17) is 0 Å². The first-order valence-corrected chi connectivity index (χ1v) is 6.32. The summed E-state index contributed by atoms with van der Waals surface area (Å²) >= 11 is 0. The lowest BCUT2D eigenvalue weighted by molar-refractivity contribution is -0.133. The maximum Gasteiger partial charge on any atom is 0.249 e. The Hall–Kier alpha value is -2.17. The standard InChI is InChI=1S/C14H16N2O3/c17-9-1-2-10-3-5-11(6-4-10)15-12-7-8-13(18)16-14(12)19/h3-6,9,12,15H,1-2,7-8H2,(H,16,18,19). The number of nitrogens with one attached hydrogen (secondary N) is 2. The number of amides is 2. The number of hydrogen-bond donors (Lipinski definition) is 2. The van der Waals surface area contributed by atoms with Crippen LogP contribution < -0.4 is 10.6 Å². The molecule has 2 N–H and O–H groups in total. The van der Waals surface area contributed by atoms with Crippen molar-refractivity contribution in [3.8, 4) is 0 Å². The van der Waals surface area contributed by atoms with Gasteiger partial charge < -0.3 is 10.1 Å². The molecular formula is C14H16N2O3. The highest BCUT2D eigenvalue weighted by molar-refractivity contribution is 6.01. The van der Waals surface area contributed by atoms with E-state index in [1.807, 2.05) is 24.3 Å². The molecule has 2 amide bonds. The van der Waals surface area contributed by atoms with Gasteiger partial charge in [0.15, 0.2) is 0 Å². The maximum absolute atomic E-state index is 11.6. The van der Waals surface area contributed by atoms with Gasteiger partial charge in [-0.15, -0.1) is 0 Å². The van der Waals surface area contributed by atoms with Gasteiger partial charge in [-0.2, -0.15) is 0 Å². The third kappa shape index (κ3) is 3.64. The van der Waals surface area contributed by atoms with Crippen LogP contribution in [0, 0.1) is 0 Å². The van der Waals surface area contributed by atoms with Crippen LogP contribution in [0.3, 0.4) is 0 Å². The van der Waals surface area contributed by atoms with Gasteiger partial charge in [-0.1, -0.05) is 12.1 Å². The number of anilines is 1. The van der Waals surface area contributed by atoms with Crippen LogP contribution in [0.25, 0.3) is 0 Å². The zero-order valence-corrected chi connectivity index (χ0v) is 10.5. The Balaban J connectivity index is 1.93. The predicted molar refractivity (Wildman–Crippen MR) is 70.6 cm³/mol. The number of hydrogen-bond acceptors (Lipinski definition) is 4. The van der Waals surface area contributed by atoms with E-state index in [9.17, 15) is 14.4 Å². The van der Waals surface area contributed by atoms with Gasteiger partial charge in [0.25, 0.3) is 0 Å². The number of benzene rings is 1. The molecule has 1 atom stereocenters. The summed E-state index contributed by atoms with van der Waals surface area (Å²) in [4.78, 5) is 32.9. The number of imide groups is 1. The lowest BCUT2D eigenvalue weighted by Gasteiger charge is -2.22. The Morgan fingerprint density at radius 3 is 2.63 bits per heavy atom. The molecule has 0 saturated carbocycles. The monoisotopic (exact) mass is 260 g/mol. The fourth-order valence-corrected chi connectivity index (χ4v) is 2.03. The second-order valence-corrected chi connectivity index (χ2v) is 4.55. The molecule has 0 aromatic heterocycles. The lowest BCUT2D eigenvalue weighted by Crippen LogP contribution is -2.47. The van der Waals surface area contributed by atoms with Crippen molar-refractivity contribution in [3.63, 3.8) is 0 Å². The van der Waals surface area contributed by atoms with Gasteiger partial charge in [0.05, 0.1) is 0 Å². The molecule has 1 unspecified atom stereocenters. The van der Waals surface area contributed by atoms with Crippen LogP contribution in [0.1, 0.15) is 24.8 Å². The summed E-state index contributed by atoms with van der Waals surface area (Å²) in [6, 6.07) is 7.25. The van der Waals surface area contributed by atoms with Gasteiger partial charge >= 0.3 is 0 Å². The Bertz CT molecular complexity index is 482. The van der Waals surface area contributed by atoms with E-state index in [1.165, 1.54) is 0 Å².